The van der Waals surface area contributed by atoms with Crippen LogP contribution >= 0.6 is 0 Å². The molecule has 0 amide bonds. The first-order valence-corrected chi connectivity index (χ1v) is 4.98. The molecule has 4 nitrogen and oxygen atoms in total. The summed E-state index contributed by atoms with van der Waals surface area (Å²) in [7, 11) is 1.38. The number of aromatic nitrogens is 1. The van der Waals surface area contributed by atoms with Crippen molar-refractivity contribution in [3.63, 3.8) is 0 Å². The fraction of sp³-hybridized carbons (Fsp3) is 0.364. The summed E-state index contributed by atoms with van der Waals surface area (Å²) >= 11 is 0. The van der Waals surface area contributed by atoms with Crippen molar-refractivity contribution in [2.45, 2.75) is 6.42 Å². The number of ether oxygens (including phenoxy) is 1. The third-order valence-electron chi connectivity index (χ3n) is 2.52. The summed E-state index contributed by atoms with van der Waals surface area (Å²) in [6.45, 7) is 1.89. The molecule has 1 aromatic rings. The first-order valence-electron chi connectivity index (χ1n) is 4.98. The van der Waals surface area contributed by atoms with E-state index in [-0.39, 0.29) is 5.97 Å². The standard InChI is InChI=1S/C11H14N2O2/c1-15-11(14)10-6-9(7-13-10)8-2-4-12-5-3-8/h2,6-7,12-13H,3-5H2,1H3. The molecular weight excluding hydrogens is 192 g/mol. The molecule has 15 heavy (non-hydrogen) atoms. The molecule has 1 aliphatic heterocycles. The molecule has 0 aliphatic carbocycles. The zero-order chi connectivity index (χ0) is 10.7. The monoisotopic (exact) mass is 206 g/mol. The summed E-state index contributed by atoms with van der Waals surface area (Å²) in [5, 5.41) is 3.25. The Morgan fingerprint density at radius 2 is 2.40 bits per heavy atom. The molecule has 0 atom stereocenters. The number of carbonyl (C=O) groups excluding carboxylic acids is 1. The second-order valence-electron chi connectivity index (χ2n) is 3.48. The van der Waals surface area contributed by atoms with Gasteiger partial charge in [-0.2, -0.15) is 0 Å². The van der Waals surface area contributed by atoms with E-state index in [1.54, 1.807) is 0 Å². The van der Waals surface area contributed by atoms with E-state index in [2.05, 4.69) is 21.1 Å². The third-order valence-corrected chi connectivity index (χ3v) is 2.52. The Hall–Kier alpha value is -1.55. The van der Waals surface area contributed by atoms with E-state index in [0.29, 0.717) is 5.69 Å². The van der Waals surface area contributed by atoms with Gasteiger partial charge in [0, 0.05) is 12.7 Å². The van der Waals surface area contributed by atoms with Crippen molar-refractivity contribution in [2.75, 3.05) is 20.2 Å². The fourth-order valence-electron chi connectivity index (χ4n) is 1.69. The molecule has 0 bridgehead atoms. The van der Waals surface area contributed by atoms with Crippen molar-refractivity contribution in [3.8, 4) is 0 Å². The largest absolute Gasteiger partial charge is 0.464 e. The highest BCUT2D eigenvalue weighted by atomic mass is 16.5. The summed E-state index contributed by atoms with van der Waals surface area (Å²) in [4.78, 5) is 14.1. The minimum absolute atomic E-state index is 0.323. The maximum atomic E-state index is 11.2. The number of aromatic amines is 1. The highest BCUT2D eigenvalue weighted by molar-refractivity contribution is 5.88. The van der Waals surface area contributed by atoms with Crippen LogP contribution in [0.15, 0.2) is 18.3 Å². The molecular formula is C11H14N2O2. The maximum Gasteiger partial charge on any atom is 0.354 e. The van der Waals surface area contributed by atoms with Gasteiger partial charge in [0.25, 0.3) is 0 Å². The molecule has 1 aliphatic rings. The van der Waals surface area contributed by atoms with Gasteiger partial charge in [0.15, 0.2) is 0 Å². The molecule has 0 aromatic carbocycles. The first kappa shape index (κ1) is 9.98. The maximum absolute atomic E-state index is 11.2. The third kappa shape index (κ3) is 2.10. The number of nitrogens with one attached hydrogen (secondary N) is 2. The number of H-pyrrole nitrogens is 1. The van der Waals surface area contributed by atoms with Crippen molar-refractivity contribution in [3.05, 3.63) is 29.6 Å². The van der Waals surface area contributed by atoms with E-state index in [9.17, 15) is 4.79 Å². The predicted octanol–water partition coefficient (Wildman–Crippen LogP) is 1.18. The highest BCUT2D eigenvalue weighted by Gasteiger charge is 2.11. The lowest BCUT2D eigenvalue weighted by Crippen LogP contribution is -2.19. The number of hydrogen-bond donors (Lipinski definition) is 2. The van der Waals surface area contributed by atoms with Gasteiger partial charge in [0.05, 0.1) is 7.11 Å². The molecule has 2 heterocycles. The van der Waals surface area contributed by atoms with Crippen molar-refractivity contribution < 1.29 is 9.53 Å². The molecule has 80 valence electrons. The summed E-state index contributed by atoms with van der Waals surface area (Å²) in [6.07, 6.45) is 5.00. The Kier molecular flexibility index (Phi) is 2.87. The minimum atomic E-state index is -0.323. The number of carbonyl (C=O) groups is 1. The Labute approximate surface area is 88.3 Å². The normalized spacial score (nSPS) is 15.9. The van der Waals surface area contributed by atoms with Crippen LogP contribution in [0.2, 0.25) is 0 Å². The van der Waals surface area contributed by atoms with Crippen LogP contribution in [0.4, 0.5) is 0 Å². The summed E-state index contributed by atoms with van der Waals surface area (Å²) in [5.41, 5.74) is 2.86. The Bertz CT molecular complexity index is 393. The van der Waals surface area contributed by atoms with Gasteiger partial charge in [-0.15, -0.1) is 0 Å². The van der Waals surface area contributed by atoms with Gasteiger partial charge in [0.1, 0.15) is 5.69 Å². The van der Waals surface area contributed by atoms with Gasteiger partial charge < -0.3 is 15.0 Å². The van der Waals surface area contributed by atoms with Crippen LogP contribution in [0.5, 0.6) is 0 Å². The van der Waals surface area contributed by atoms with Crippen LogP contribution in [-0.2, 0) is 4.74 Å². The second kappa shape index (κ2) is 4.31. The van der Waals surface area contributed by atoms with E-state index in [0.717, 1.165) is 25.1 Å². The van der Waals surface area contributed by atoms with Crippen molar-refractivity contribution in [1.82, 2.24) is 10.3 Å². The van der Waals surface area contributed by atoms with Gasteiger partial charge in [-0.3, -0.25) is 0 Å². The topological polar surface area (TPSA) is 54.1 Å². The Morgan fingerprint density at radius 1 is 1.53 bits per heavy atom. The zero-order valence-electron chi connectivity index (χ0n) is 8.67. The lowest BCUT2D eigenvalue weighted by Gasteiger charge is -2.12. The van der Waals surface area contributed by atoms with Gasteiger partial charge in [-0.05, 0) is 30.2 Å². The Balaban J connectivity index is 2.19. The van der Waals surface area contributed by atoms with Gasteiger partial charge in [-0.25, -0.2) is 4.79 Å². The molecule has 4 heteroatoms. The number of hydrogen-bond acceptors (Lipinski definition) is 3. The van der Waals surface area contributed by atoms with Crippen LogP contribution in [0.3, 0.4) is 0 Å². The number of rotatable bonds is 2. The summed E-state index contributed by atoms with van der Waals surface area (Å²) in [5.74, 6) is -0.323. The quantitative estimate of drug-likeness (QED) is 0.714. The molecule has 1 aromatic heterocycles. The lowest BCUT2D eigenvalue weighted by atomic mass is 10.0. The first-order chi connectivity index (χ1) is 7.31. The predicted molar refractivity (Wildman–Crippen MR) is 57.6 cm³/mol. The lowest BCUT2D eigenvalue weighted by molar-refractivity contribution is 0.0595. The SMILES string of the molecule is COC(=O)c1cc(C2=CCNCC2)c[nH]1. The van der Waals surface area contributed by atoms with Crippen LogP contribution in [0.25, 0.3) is 5.57 Å². The number of methoxy groups -OCH3 is 1. The van der Waals surface area contributed by atoms with E-state index in [4.69, 9.17) is 0 Å². The highest BCUT2D eigenvalue weighted by Crippen LogP contribution is 2.20. The molecule has 0 radical (unpaired) electrons. The molecule has 2 rings (SSSR count). The van der Waals surface area contributed by atoms with Gasteiger partial charge >= 0.3 is 5.97 Å². The van der Waals surface area contributed by atoms with Crippen molar-refractivity contribution in [1.29, 1.82) is 0 Å². The average molecular weight is 206 g/mol. The van der Waals surface area contributed by atoms with Crippen molar-refractivity contribution in [2.24, 2.45) is 0 Å². The fourth-order valence-corrected chi connectivity index (χ4v) is 1.69. The summed E-state index contributed by atoms with van der Waals surface area (Å²) in [6, 6.07) is 1.84. The molecule has 0 spiro atoms. The zero-order valence-corrected chi connectivity index (χ0v) is 8.67. The van der Waals surface area contributed by atoms with Gasteiger partial charge in [-0.1, -0.05) is 6.08 Å². The van der Waals surface area contributed by atoms with E-state index in [1.807, 2.05) is 12.3 Å². The molecule has 2 N–H and O–H groups in total. The van der Waals surface area contributed by atoms with E-state index >= 15 is 0 Å². The van der Waals surface area contributed by atoms with Crippen LogP contribution < -0.4 is 5.32 Å². The van der Waals surface area contributed by atoms with E-state index < -0.39 is 0 Å². The van der Waals surface area contributed by atoms with E-state index in [1.165, 1.54) is 12.7 Å². The number of esters is 1. The Morgan fingerprint density at radius 3 is 3.07 bits per heavy atom. The van der Waals surface area contributed by atoms with Crippen LogP contribution in [-0.4, -0.2) is 31.2 Å². The summed E-state index contributed by atoms with van der Waals surface area (Å²) < 4.78 is 4.63. The van der Waals surface area contributed by atoms with Gasteiger partial charge in [0.2, 0.25) is 0 Å². The molecule has 0 unspecified atom stereocenters. The van der Waals surface area contributed by atoms with Crippen LogP contribution in [0, 0.1) is 0 Å². The van der Waals surface area contributed by atoms with Crippen molar-refractivity contribution >= 4 is 11.5 Å². The second-order valence-corrected chi connectivity index (χ2v) is 3.48. The molecule has 0 saturated carbocycles. The smallest absolute Gasteiger partial charge is 0.354 e. The minimum Gasteiger partial charge on any atom is -0.464 e. The molecule has 0 saturated heterocycles. The average Bonchev–Trinajstić information content (AvgIpc) is 2.78. The molecule has 0 fully saturated rings. The van der Waals surface area contributed by atoms with Crippen LogP contribution in [0.1, 0.15) is 22.5 Å².